The first kappa shape index (κ1) is 19.6. The summed E-state index contributed by atoms with van der Waals surface area (Å²) in [5.74, 6) is 1.13. The number of amides is 1. The maximum absolute atomic E-state index is 13.2. The SMILES string of the molecule is CCOc1ccc(NC(=O)C(C)n2cnc3sc4c(c3c2=O)CCC(C)C4)cc1. The molecule has 0 saturated heterocycles. The second-order valence-electron chi connectivity index (χ2n) is 7.61. The normalized spacial score (nSPS) is 17.0. The van der Waals surface area contributed by atoms with Crippen molar-refractivity contribution in [1.82, 2.24) is 9.55 Å². The first-order valence-corrected chi connectivity index (χ1v) is 10.8. The molecule has 1 N–H and O–H groups in total. The molecular formula is C22H25N3O3S. The number of fused-ring (bicyclic) bond motifs is 3. The minimum absolute atomic E-state index is 0.128. The van der Waals surface area contributed by atoms with Crippen molar-refractivity contribution in [3.8, 4) is 5.75 Å². The number of thiophene rings is 1. The standard InChI is InChI=1S/C22H25N3O3S/c1-4-28-16-8-6-15(7-9-16)24-20(26)14(3)25-12-23-21-19(22(25)27)17-10-5-13(2)11-18(17)29-21/h6-9,12-14H,4-5,10-11H2,1-3H3,(H,24,26). The fraction of sp³-hybridized carbons (Fsp3) is 0.409. The molecular weight excluding hydrogens is 386 g/mol. The summed E-state index contributed by atoms with van der Waals surface area (Å²) in [6, 6.07) is 6.53. The molecule has 1 amide bonds. The molecule has 6 nitrogen and oxygen atoms in total. The molecule has 1 aliphatic rings. The molecule has 29 heavy (non-hydrogen) atoms. The van der Waals surface area contributed by atoms with Gasteiger partial charge in [-0.3, -0.25) is 14.2 Å². The Kier molecular flexibility index (Phi) is 5.41. The van der Waals surface area contributed by atoms with Crippen molar-refractivity contribution < 1.29 is 9.53 Å². The van der Waals surface area contributed by atoms with Crippen LogP contribution in [-0.2, 0) is 17.6 Å². The van der Waals surface area contributed by atoms with Crippen molar-refractivity contribution in [3.63, 3.8) is 0 Å². The first-order valence-electron chi connectivity index (χ1n) is 10.0. The number of hydrogen-bond acceptors (Lipinski definition) is 5. The number of carbonyl (C=O) groups is 1. The Hall–Kier alpha value is -2.67. The van der Waals surface area contributed by atoms with Crippen molar-refractivity contribution >= 4 is 33.1 Å². The molecule has 3 aromatic rings. The number of benzene rings is 1. The van der Waals surface area contributed by atoms with Crippen LogP contribution in [0.25, 0.3) is 10.2 Å². The molecule has 0 saturated carbocycles. The van der Waals surface area contributed by atoms with Crippen molar-refractivity contribution in [2.75, 3.05) is 11.9 Å². The van der Waals surface area contributed by atoms with E-state index in [1.807, 2.05) is 19.1 Å². The van der Waals surface area contributed by atoms with Gasteiger partial charge in [-0.05, 0) is 68.9 Å². The lowest BCUT2D eigenvalue weighted by molar-refractivity contribution is -0.118. The summed E-state index contributed by atoms with van der Waals surface area (Å²) in [4.78, 5) is 32.5. The van der Waals surface area contributed by atoms with Crippen LogP contribution in [-0.4, -0.2) is 22.1 Å². The van der Waals surface area contributed by atoms with Crippen LogP contribution in [0.4, 0.5) is 5.69 Å². The average Bonchev–Trinajstić information content (AvgIpc) is 3.07. The summed E-state index contributed by atoms with van der Waals surface area (Å²) in [7, 11) is 0. The lowest BCUT2D eigenvalue weighted by Gasteiger charge is -2.18. The molecule has 2 heterocycles. The second-order valence-corrected chi connectivity index (χ2v) is 8.70. The highest BCUT2D eigenvalue weighted by Crippen LogP contribution is 2.35. The zero-order valence-electron chi connectivity index (χ0n) is 16.9. The third-order valence-corrected chi connectivity index (χ3v) is 6.63. The van der Waals surface area contributed by atoms with Crippen LogP contribution in [0.2, 0.25) is 0 Å². The van der Waals surface area contributed by atoms with Crippen LogP contribution in [0.1, 0.15) is 43.7 Å². The Balaban J connectivity index is 1.59. The summed E-state index contributed by atoms with van der Waals surface area (Å²) in [5, 5.41) is 3.56. The molecule has 0 aliphatic heterocycles. The number of ether oxygens (including phenoxy) is 1. The van der Waals surface area contributed by atoms with E-state index in [2.05, 4.69) is 17.2 Å². The van der Waals surface area contributed by atoms with Gasteiger partial charge in [0.05, 0.1) is 18.3 Å². The van der Waals surface area contributed by atoms with Gasteiger partial charge >= 0.3 is 0 Å². The summed E-state index contributed by atoms with van der Waals surface area (Å²) in [6.07, 6.45) is 4.49. The van der Waals surface area contributed by atoms with Crippen LogP contribution in [0, 0.1) is 5.92 Å². The molecule has 7 heteroatoms. The number of aromatic nitrogens is 2. The van der Waals surface area contributed by atoms with Crippen LogP contribution >= 0.6 is 11.3 Å². The Labute approximate surface area is 173 Å². The van der Waals surface area contributed by atoms with E-state index in [0.717, 1.165) is 35.4 Å². The summed E-state index contributed by atoms with van der Waals surface area (Å²) < 4.78 is 6.86. The number of carbonyl (C=O) groups excluding carboxylic acids is 1. The number of hydrogen-bond donors (Lipinski definition) is 1. The molecule has 2 aromatic heterocycles. The van der Waals surface area contributed by atoms with Gasteiger partial charge in [-0.2, -0.15) is 0 Å². The molecule has 0 bridgehead atoms. The van der Waals surface area contributed by atoms with E-state index in [1.165, 1.54) is 15.8 Å². The van der Waals surface area contributed by atoms with Gasteiger partial charge in [-0.25, -0.2) is 4.98 Å². The number of aryl methyl sites for hydroxylation is 1. The molecule has 2 unspecified atom stereocenters. The third-order valence-electron chi connectivity index (χ3n) is 5.47. The third kappa shape index (κ3) is 3.79. The summed E-state index contributed by atoms with van der Waals surface area (Å²) >= 11 is 1.62. The maximum Gasteiger partial charge on any atom is 0.263 e. The van der Waals surface area contributed by atoms with Gasteiger partial charge in [0.2, 0.25) is 5.91 Å². The molecule has 1 aliphatic carbocycles. The second kappa shape index (κ2) is 7.99. The van der Waals surface area contributed by atoms with Gasteiger partial charge in [0.25, 0.3) is 5.56 Å². The molecule has 0 fully saturated rings. The summed E-state index contributed by atoms with van der Waals surface area (Å²) in [6.45, 7) is 6.48. The minimum atomic E-state index is -0.663. The largest absolute Gasteiger partial charge is 0.494 e. The van der Waals surface area contributed by atoms with Crippen LogP contribution in [0.3, 0.4) is 0 Å². The van der Waals surface area contributed by atoms with Gasteiger partial charge < -0.3 is 10.1 Å². The zero-order valence-corrected chi connectivity index (χ0v) is 17.7. The molecule has 0 spiro atoms. The Morgan fingerprint density at radius 3 is 2.86 bits per heavy atom. The predicted molar refractivity (Wildman–Crippen MR) is 116 cm³/mol. The van der Waals surface area contributed by atoms with Crippen molar-refractivity contribution in [2.45, 2.75) is 46.1 Å². The van der Waals surface area contributed by atoms with E-state index in [0.29, 0.717) is 23.6 Å². The monoisotopic (exact) mass is 411 g/mol. The van der Waals surface area contributed by atoms with Crippen LogP contribution in [0.5, 0.6) is 5.75 Å². The fourth-order valence-corrected chi connectivity index (χ4v) is 5.14. The van der Waals surface area contributed by atoms with E-state index in [4.69, 9.17) is 4.74 Å². The maximum atomic E-state index is 13.2. The molecule has 4 rings (SSSR count). The van der Waals surface area contributed by atoms with E-state index >= 15 is 0 Å². The Morgan fingerprint density at radius 1 is 1.38 bits per heavy atom. The zero-order chi connectivity index (χ0) is 20.5. The van der Waals surface area contributed by atoms with Gasteiger partial charge in [0.15, 0.2) is 0 Å². The van der Waals surface area contributed by atoms with E-state index in [-0.39, 0.29) is 11.5 Å². The van der Waals surface area contributed by atoms with Crippen LogP contribution in [0.15, 0.2) is 35.4 Å². The van der Waals surface area contributed by atoms with Gasteiger partial charge in [0.1, 0.15) is 16.6 Å². The number of anilines is 1. The van der Waals surface area contributed by atoms with Gasteiger partial charge in [-0.1, -0.05) is 6.92 Å². The van der Waals surface area contributed by atoms with E-state index < -0.39 is 6.04 Å². The van der Waals surface area contributed by atoms with Crippen molar-refractivity contribution in [3.05, 3.63) is 51.4 Å². The van der Waals surface area contributed by atoms with Crippen LogP contribution < -0.4 is 15.6 Å². The van der Waals surface area contributed by atoms with Crippen molar-refractivity contribution in [1.29, 1.82) is 0 Å². The highest BCUT2D eigenvalue weighted by Gasteiger charge is 2.25. The predicted octanol–water partition coefficient (Wildman–Crippen LogP) is 4.18. The fourth-order valence-electron chi connectivity index (χ4n) is 3.79. The molecule has 2 atom stereocenters. The Morgan fingerprint density at radius 2 is 2.14 bits per heavy atom. The molecule has 152 valence electrons. The van der Waals surface area contributed by atoms with E-state index in [9.17, 15) is 9.59 Å². The molecule has 0 radical (unpaired) electrons. The Bertz CT molecular complexity index is 1100. The van der Waals surface area contributed by atoms with Gasteiger partial charge in [0, 0.05) is 10.6 Å². The number of nitrogens with one attached hydrogen (secondary N) is 1. The minimum Gasteiger partial charge on any atom is -0.494 e. The smallest absolute Gasteiger partial charge is 0.263 e. The topological polar surface area (TPSA) is 73.2 Å². The highest BCUT2D eigenvalue weighted by molar-refractivity contribution is 7.18. The lowest BCUT2D eigenvalue weighted by Crippen LogP contribution is -2.32. The lowest BCUT2D eigenvalue weighted by atomic mass is 9.89. The first-order chi connectivity index (χ1) is 14.0. The quantitative estimate of drug-likeness (QED) is 0.684. The molecule has 1 aromatic carbocycles. The van der Waals surface area contributed by atoms with E-state index in [1.54, 1.807) is 30.4 Å². The van der Waals surface area contributed by atoms with Gasteiger partial charge in [-0.15, -0.1) is 11.3 Å². The highest BCUT2D eigenvalue weighted by atomic mass is 32.1. The summed E-state index contributed by atoms with van der Waals surface area (Å²) in [5.41, 5.74) is 1.67. The number of rotatable bonds is 5. The number of nitrogens with zero attached hydrogens (tertiary/aromatic N) is 2. The van der Waals surface area contributed by atoms with Crippen molar-refractivity contribution in [2.24, 2.45) is 5.92 Å². The average molecular weight is 412 g/mol.